The summed E-state index contributed by atoms with van der Waals surface area (Å²) in [5.41, 5.74) is 0. The van der Waals surface area contributed by atoms with Crippen molar-refractivity contribution in [2.24, 2.45) is 17.8 Å². The van der Waals surface area contributed by atoms with Gasteiger partial charge in [0.05, 0.1) is 0 Å². The van der Waals surface area contributed by atoms with Crippen LogP contribution in [0.3, 0.4) is 0 Å². The Hall–Kier alpha value is -0.0800. The van der Waals surface area contributed by atoms with E-state index in [2.05, 4.69) is 24.1 Å². The molecule has 1 N–H and O–H groups in total. The van der Waals surface area contributed by atoms with Gasteiger partial charge in [-0.1, -0.05) is 13.8 Å². The summed E-state index contributed by atoms with van der Waals surface area (Å²) in [6.45, 7) is 11.2. The Labute approximate surface area is 94.4 Å². The quantitative estimate of drug-likeness (QED) is 0.766. The molecule has 1 atom stereocenters. The lowest BCUT2D eigenvalue weighted by atomic mass is 9.83. The van der Waals surface area contributed by atoms with Crippen LogP contribution < -0.4 is 5.32 Å². The molecule has 0 aliphatic carbocycles. The summed E-state index contributed by atoms with van der Waals surface area (Å²) in [7, 11) is 0. The molecule has 0 aromatic rings. The minimum atomic E-state index is 0.828. The van der Waals surface area contributed by atoms with Crippen LogP contribution in [0.15, 0.2) is 0 Å². The average Bonchev–Trinajstić information content (AvgIpc) is 2.71. The second kappa shape index (κ2) is 5.31. The van der Waals surface area contributed by atoms with E-state index in [-0.39, 0.29) is 0 Å². The molecule has 0 radical (unpaired) electrons. The number of nitrogens with zero attached hydrogens (tertiary/aromatic N) is 1. The predicted molar refractivity (Wildman–Crippen MR) is 65.0 cm³/mol. The van der Waals surface area contributed by atoms with Gasteiger partial charge in [0.1, 0.15) is 0 Å². The molecule has 15 heavy (non-hydrogen) atoms. The Balaban J connectivity index is 1.71. The van der Waals surface area contributed by atoms with Gasteiger partial charge in [-0.15, -0.1) is 0 Å². The number of piperidine rings is 1. The van der Waals surface area contributed by atoms with E-state index >= 15 is 0 Å². The normalized spacial score (nSPS) is 30.2. The molecule has 0 spiro atoms. The van der Waals surface area contributed by atoms with Crippen molar-refractivity contribution < 1.29 is 0 Å². The van der Waals surface area contributed by atoms with E-state index < -0.39 is 0 Å². The second-order valence-electron chi connectivity index (χ2n) is 5.78. The Morgan fingerprint density at radius 2 is 1.87 bits per heavy atom. The summed E-state index contributed by atoms with van der Waals surface area (Å²) in [6.07, 6.45) is 4.31. The Morgan fingerprint density at radius 1 is 1.13 bits per heavy atom. The summed E-state index contributed by atoms with van der Waals surface area (Å²) in [5, 5.41) is 3.50. The fourth-order valence-electron chi connectivity index (χ4n) is 3.20. The van der Waals surface area contributed by atoms with Crippen LogP contribution in [-0.2, 0) is 0 Å². The van der Waals surface area contributed by atoms with Crippen LogP contribution in [0, 0.1) is 17.8 Å². The molecule has 88 valence electrons. The van der Waals surface area contributed by atoms with Crippen LogP contribution in [-0.4, -0.2) is 37.6 Å². The van der Waals surface area contributed by atoms with Crippen LogP contribution in [0.2, 0.25) is 0 Å². The molecule has 2 aliphatic rings. The highest BCUT2D eigenvalue weighted by molar-refractivity contribution is 4.82. The number of hydrogen-bond acceptors (Lipinski definition) is 2. The molecule has 2 rings (SSSR count). The SMILES string of the molecule is CC(C)CN1CCC(C2CCNC2)CC1. The van der Waals surface area contributed by atoms with Crippen molar-refractivity contribution >= 4 is 0 Å². The molecule has 0 aromatic heterocycles. The number of nitrogens with one attached hydrogen (secondary N) is 1. The largest absolute Gasteiger partial charge is 0.316 e. The van der Waals surface area contributed by atoms with E-state index in [1.807, 2.05) is 0 Å². The van der Waals surface area contributed by atoms with Crippen LogP contribution in [0.25, 0.3) is 0 Å². The first-order chi connectivity index (χ1) is 7.25. The summed E-state index contributed by atoms with van der Waals surface area (Å²) in [5.74, 6) is 2.84. The van der Waals surface area contributed by atoms with Gasteiger partial charge in [0, 0.05) is 6.54 Å². The smallest absolute Gasteiger partial charge is 0.000439 e. The van der Waals surface area contributed by atoms with Gasteiger partial charge >= 0.3 is 0 Å². The first kappa shape index (κ1) is 11.4. The topological polar surface area (TPSA) is 15.3 Å². The number of hydrogen-bond donors (Lipinski definition) is 1. The number of likely N-dealkylation sites (tertiary alicyclic amines) is 1. The van der Waals surface area contributed by atoms with Crippen molar-refractivity contribution in [2.75, 3.05) is 32.7 Å². The lowest BCUT2D eigenvalue weighted by Crippen LogP contribution is -2.38. The first-order valence-corrected chi connectivity index (χ1v) is 6.69. The summed E-state index contributed by atoms with van der Waals surface area (Å²) in [6, 6.07) is 0. The Bertz CT molecular complexity index is 177. The molecule has 2 aliphatic heterocycles. The molecule has 2 fully saturated rings. The zero-order valence-electron chi connectivity index (χ0n) is 10.3. The van der Waals surface area contributed by atoms with Gasteiger partial charge in [-0.3, -0.25) is 0 Å². The fourth-order valence-corrected chi connectivity index (χ4v) is 3.20. The van der Waals surface area contributed by atoms with Crippen molar-refractivity contribution in [1.29, 1.82) is 0 Å². The third kappa shape index (κ3) is 3.18. The minimum absolute atomic E-state index is 0.828. The zero-order chi connectivity index (χ0) is 10.7. The molecular formula is C13H26N2. The van der Waals surface area contributed by atoms with Crippen LogP contribution in [0.5, 0.6) is 0 Å². The van der Waals surface area contributed by atoms with Gasteiger partial charge in [0.15, 0.2) is 0 Å². The summed E-state index contributed by atoms with van der Waals surface area (Å²) >= 11 is 0. The molecule has 2 saturated heterocycles. The van der Waals surface area contributed by atoms with Crippen molar-refractivity contribution in [1.82, 2.24) is 10.2 Å². The average molecular weight is 210 g/mol. The molecule has 0 aromatic carbocycles. The number of rotatable bonds is 3. The third-order valence-electron chi connectivity index (χ3n) is 4.02. The van der Waals surface area contributed by atoms with Crippen molar-refractivity contribution in [3.05, 3.63) is 0 Å². The van der Waals surface area contributed by atoms with Crippen LogP contribution in [0.4, 0.5) is 0 Å². The molecule has 0 amide bonds. The van der Waals surface area contributed by atoms with E-state index in [0.29, 0.717) is 0 Å². The van der Waals surface area contributed by atoms with Gasteiger partial charge < -0.3 is 10.2 Å². The maximum absolute atomic E-state index is 3.50. The van der Waals surface area contributed by atoms with Crippen LogP contribution in [0.1, 0.15) is 33.1 Å². The van der Waals surface area contributed by atoms with Crippen LogP contribution >= 0.6 is 0 Å². The summed E-state index contributed by atoms with van der Waals surface area (Å²) in [4.78, 5) is 2.66. The molecule has 2 heterocycles. The Morgan fingerprint density at radius 3 is 2.40 bits per heavy atom. The maximum Gasteiger partial charge on any atom is 0.000439 e. The lowest BCUT2D eigenvalue weighted by molar-refractivity contribution is 0.140. The highest BCUT2D eigenvalue weighted by atomic mass is 15.1. The van der Waals surface area contributed by atoms with E-state index in [1.54, 1.807) is 0 Å². The molecular weight excluding hydrogens is 184 g/mol. The van der Waals surface area contributed by atoms with Gasteiger partial charge in [0.25, 0.3) is 0 Å². The lowest BCUT2D eigenvalue weighted by Gasteiger charge is -2.35. The van der Waals surface area contributed by atoms with Gasteiger partial charge in [-0.05, 0) is 63.2 Å². The maximum atomic E-state index is 3.50. The molecule has 1 unspecified atom stereocenters. The van der Waals surface area contributed by atoms with Gasteiger partial charge in [-0.2, -0.15) is 0 Å². The van der Waals surface area contributed by atoms with E-state index in [9.17, 15) is 0 Å². The molecule has 0 bridgehead atoms. The fraction of sp³-hybridized carbons (Fsp3) is 1.00. The van der Waals surface area contributed by atoms with Gasteiger partial charge in [0.2, 0.25) is 0 Å². The Kier molecular flexibility index (Phi) is 4.04. The predicted octanol–water partition coefficient (Wildman–Crippen LogP) is 1.96. The highest BCUT2D eigenvalue weighted by Crippen LogP contribution is 2.28. The third-order valence-corrected chi connectivity index (χ3v) is 4.02. The van der Waals surface area contributed by atoms with Gasteiger partial charge in [-0.25, -0.2) is 0 Å². The molecule has 2 nitrogen and oxygen atoms in total. The van der Waals surface area contributed by atoms with Crippen molar-refractivity contribution in [2.45, 2.75) is 33.1 Å². The van der Waals surface area contributed by atoms with E-state index in [4.69, 9.17) is 0 Å². The van der Waals surface area contributed by atoms with E-state index in [0.717, 1.165) is 17.8 Å². The standard InChI is InChI=1S/C13H26N2/c1-11(2)10-15-7-4-12(5-8-15)13-3-6-14-9-13/h11-14H,3-10H2,1-2H3. The zero-order valence-corrected chi connectivity index (χ0v) is 10.3. The summed E-state index contributed by atoms with van der Waals surface area (Å²) < 4.78 is 0. The monoisotopic (exact) mass is 210 g/mol. The highest BCUT2D eigenvalue weighted by Gasteiger charge is 2.28. The second-order valence-corrected chi connectivity index (χ2v) is 5.78. The van der Waals surface area contributed by atoms with E-state index in [1.165, 1.54) is 52.0 Å². The van der Waals surface area contributed by atoms with Crippen molar-refractivity contribution in [3.8, 4) is 0 Å². The first-order valence-electron chi connectivity index (χ1n) is 6.69. The van der Waals surface area contributed by atoms with Crippen molar-refractivity contribution in [3.63, 3.8) is 0 Å². The molecule has 2 heteroatoms. The molecule has 0 saturated carbocycles. The minimum Gasteiger partial charge on any atom is -0.316 e.